The van der Waals surface area contributed by atoms with E-state index in [1.54, 1.807) is 21.3 Å². The summed E-state index contributed by atoms with van der Waals surface area (Å²) in [5.74, 6) is 0.961. The van der Waals surface area contributed by atoms with Crippen LogP contribution in [0.25, 0.3) is 0 Å². The van der Waals surface area contributed by atoms with E-state index < -0.39 is 5.79 Å². The summed E-state index contributed by atoms with van der Waals surface area (Å²) in [4.78, 5) is 2.44. The van der Waals surface area contributed by atoms with E-state index in [0.29, 0.717) is 23.9 Å². The number of ether oxygens (including phenoxy) is 5. The van der Waals surface area contributed by atoms with Gasteiger partial charge in [0.05, 0.1) is 34.0 Å². The van der Waals surface area contributed by atoms with E-state index in [1.807, 2.05) is 19.1 Å². The molecule has 0 saturated carbocycles. The van der Waals surface area contributed by atoms with E-state index in [0.717, 1.165) is 25.2 Å². The summed E-state index contributed by atoms with van der Waals surface area (Å²) >= 11 is 0. The monoisotopic (exact) mass is 337 g/mol. The predicted molar refractivity (Wildman–Crippen MR) is 89.9 cm³/mol. The van der Waals surface area contributed by atoms with E-state index in [-0.39, 0.29) is 6.10 Å². The van der Waals surface area contributed by atoms with Gasteiger partial charge in [0.15, 0.2) is 17.3 Å². The van der Waals surface area contributed by atoms with E-state index in [2.05, 4.69) is 4.90 Å². The van der Waals surface area contributed by atoms with Gasteiger partial charge in [-0.1, -0.05) is 0 Å². The molecule has 24 heavy (non-hydrogen) atoms. The van der Waals surface area contributed by atoms with Gasteiger partial charge in [0.1, 0.15) is 0 Å². The zero-order valence-corrected chi connectivity index (χ0v) is 15.0. The van der Waals surface area contributed by atoms with Crippen LogP contribution in [-0.4, -0.2) is 58.6 Å². The molecule has 2 unspecified atom stereocenters. The highest BCUT2D eigenvalue weighted by atomic mass is 16.7. The normalized spacial score (nSPS) is 27.4. The predicted octanol–water partition coefficient (Wildman–Crippen LogP) is 2.40. The minimum Gasteiger partial charge on any atom is -0.493 e. The molecule has 0 amide bonds. The van der Waals surface area contributed by atoms with Crippen molar-refractivity contribution in [2.75, 3.05) is 47.6 Å². The highest BCUT2D eigenvalue weighted by Gasteiger charge is 2.40. The first-order valence-corrected chi connectivity index (χ1v) is 8.44. The maximum absolute atomic E-state index is 6.25. The topological polar surface area (TPSA) is 49.4 Å². The van der Waals surface area contributed by atoms with E-state index in [4.69, 9.17) is 23.7 Å². The number of hydrogen-bond donors (Lipinski definition) is 0. The van der Waals surface area contributed by atoms with Crippen LogP contribution in [0.4, 0.5) is 0 Å². The fourth-order valence-electron chi connectivity index (χ4n) is 3.48. The molecule has 6 nitrogen and oxygen atoms in total. The third-order valence-electron chi connectivity index (χ3n) is 4.79. The van der Waals surface area contributed by atoms with Crippen LogP contribution in [0.15, 0.2) is 12.1 Å². The molecule has 0 N–H and O–H groups in total. The lowest BCUT2D eigenvalue weighted by molar-refractivity contribution is -0.163. The third kappa shape index (κ3) is 3.31. The van der Waals surface area contributed by atoms with E-state index in [9.17, 15) is 0 Å². The van der Waals surface area contributed by atoms with Crippen molar-refractivity contribution in [3.05, 3.63) is 17.7 Å². The first-order chi connectivity index (χ1) is 11.6. The number of nitrogens with zero attached hydrogens (tertiary/aromatic N) is 1. The Bertz CT molecular complexity index is 548. The maximum atomic E-state index is 6.25. The molecule has 2 fully saturated rings. The standard InChI is InChI=1S/C18H27NO5/c1-18(23-12-14(24-18)11-19-7-5-6-8-19)13-9-15(20-2)17(22-4)16(10-13)21-3/h9-10,14H,5-8,11-12H2,1-4H3. The fraction of sp³-hybridized carbons (Fsp3) is 0.667. The molecule has 0 aromatic heterocycles. The summed E-state index contributed by atoms with van der Waals surface area (Å²) in [6, 6.07) is 3.78. The largest absolute Gasteiger partial charge is 0.493 e. The summed E-state index contributed by atoms with van der Waals surface area (Å²) < 4.78 is 28.5. The molecule has 3 rings (SSSR count). The molecule has 134 valence electrons. The maximum Gasteiger partial charge on any atom is 0.203 e. The van der Waals surface area contributed by atoms with Crippen LogP contribution in [0.1, 0.15) is 25.3 Å². The van der Waals surface area contributed by atoms with Crippen molar-refractivity contribution in [2.24, 2.45) is 0 Å². The van der Waals surface area contributed by atoms with Crippen LogP contribution >= 0.6 is 0 Å². The molecule has 1 aromatic carbocycles. The molecular formula is C18H27NO5. The molecule has 2 saturated heterocycles. The quantitative estimate of drug-likeness (QED) is 0.794. The lowest BCUT2D eigenvalue weighted by Gasteiger charge is -2.26. The molecule has 2 aliphatic heterocycles. The zero-order chi connectivity index (χ0) is 17.2. The Labute approximate surface area is 143 Å². The molecule has 0 bridgehead atoms. The number of rotatable bonds is 6. The van der Waals surface area contributed by atoms with Crippen LogP contribution in [-0.2, 0) is 15.3 Å². The Morgan fingerprint density at radius 2 is 1.71 bits per heavy atom. The van der Waals surface area contributed by atoms with Crippen molar-refractivity contribution in [2.45, 2.75) is 31.7 Å². The molecule has 0 spiro atoms. The highest BCUT2D eigenvalue weighted by molar-refractivity contribution is 5.54. The lowest BCUT2D eigenvalue weighted by Crippen LogP contribution is -2.33. The van der Waals surface area contributed by atoms with Crippen molar-refractivity contribution < 1.29 is 23.7 Å². The van der Waals surface area contributed by atoms with Crippen LogP contribution in [0.2, 0.25) is 0 Å². The second-order valence-corrected chi connectivity index (χ2v) is 6.42. The van der Waals surface area contributed by atoms with Gasteiger partial charge in [-0.05, 0) is 45.0 Å². The van der Waals surface area contributed by atoms with E-state index >= 15 is 0 Å². The first kappa shape index (κ1) is 17.3. The summed E-state index contributed by atoms with van der Waals surface area (Å²) in [7, 11) is 4.81. The van der Waals surface area contributed by atoms with Gasteiger partial charge in [-0.3, -0.25) is 0 Å². The second-order valence-electron chi connectivity index (χ2n) is 6.42. The Morgan fingerprint density at radius 3 is 2.25 bits per heavy atom. The van der Waals surface area contributed by atoms with Gasteiger partial charge >= 0.3 is 0 Å². The lowest BCUT2D eigenvalue weighted by atomic mass is 10.1. The fourth-order valence-corrected chi connectivity index (χ4v) is 3.48. The Balaban J connectivity index is 1.79. The zero-order valence-electron chi connectivity index (χ0n) is 15.0. The minimum atomic E-state index is -0.808. The third-order valence-corrected chi connectivity index (χ3v) is 4.79. The molecule has 0 aliphatic carbocycles. The molecule has 6 heteroatoms. The summed E-state index contributed by atoms with van der Waals surface area (Å²) in [5.41, 5.74) is 0.862. The highest BCUT2D eigenvalue weighted by Crippen LogP contribution is 2.44. The number of benzene rings is 1. The number of likely N-dealkylation sites (tertiary alicyclic amines) is 1. The van der Waals surface area contributed by atoms with Crippen molar-refractivity contribution >= 4 is 0 Å². The molecule has 0 radical (unpaired) electrons. The van der Waals surface area contributed by atoms with Crippen LogP contribution in [0.3, 0.4) is 0 Å². The van der Waals surface area contributed by atoms with Gasteiger partial charge in [-0.15, -0.1) is 0 Å². The SMILES string of the molecule is COc1cc(C2(C)OCC(CN3CCCC3)O2)cc(OC)c1OC. The van der Waals surface area contributed by atoms with Gasteiger partial charge in [0, 0.05) is 12.1 Å². The van der Waals surface area contributed by atoms with Gasteiger partial charge < -0.3 is 28.6 Å². The minimum absolute atomic E-state index is 0.0761. The summed E-state index contributed by atoms with van der Waals surface area (Å²) in [5, 5.41) is 0. The van der Waals surface area contributed by atoms with Crippen molar-refractivity contribution in [1.29, 1.82) is 0 Å². The Kier molecular flexibility index (Phi) is 5.18. The Morgan fingerprint density at radius 1 is 1.08 bits per heavy atom. The molecule has 2 aliphatic rings. The molecular weight excluding hydrogens is 310 g/mol. The van der Waals surface area contributed by atoms with Crippen LogP contribution in [0, 0.1) is 0 Å². The van der Waals surface area contributed by atoms with Gasteiger partial charge in [-0.2, -0.15) is 0 Å². The second kappa shape index (κ2) is 7.17. The molecule has 2 heterocycles. The average molecular weight is 337 g/mol. The van der Waals surface area contributed by atoms with Crippen LogP contribution in [0.5, 0.6) is 17.2 Å². The van der Waals surface area contributed by atoms with E-state index in [1.165, 1.54) is 12.8 Å². The molecule has 2 atom stereocenters. The van der Waals surface area contributed by atoms with Crippen molar-refractivity contribution in [1.82, 2.24) is 4.90 Å². The molecule has 1 aromatic rings. The Hall–Kier alpha value is -1.50. The average Bonchev–Trinajstić information content (AvgIpc) is 3.24. The number of hydrogen-bond acceptors (Lipinski definition) is 6. The van der Waals surface area contributed by atoms with Crippen LogP contribution < -0.4 is 14.2 Å². The first-order valence-electron chi connectivity index (χ1n) is 8.44. The van der Waals surface area contributed by atoms with Gasteiger partial charge in [0.2, 0.25) is 5.75 Å². The number of methoxy groups -OCH3 is 3. The van der Waals surface area contributed by atoms with Crippen molar-refractivity contribution in [3.8, 4) is 17.2 Å². The van der Waals surface area contributed by atoms with Crippen molar-refractivity contribution in [3.63, 3.8) is 0 Å². The van der Waals surface area contributed by atoms with Gasteiger partial charge in [-0.25, -0.2) is 0 Å². The summed E-state index contributed by atoms with van der Waals surface area (Å²) in [6.45, 7) is 5.75. The smallest absolute Gasteiger partial charge is 0.203 e. The van der Waals surface area contributed by atoms with Gasteiger partial charge in [0.25, 0.3) is 0 Å². The summed E-state index contributed by atoms with van der Waals surface area (Å²) in [6.07, 6.45) is 2.63.